The lowest BCUT2D eigenvalue weighted by Gasteiger charge is -2.36. The lowest BCUT2D eigenvalue weighted by atomic mass is 10.1. The summed E-state index contributed by atoms with van der Waals surface area (Å²) in [6.45, 7) is 9.89. The molecule has 3 rings (SSSR count). The molecule has 0 unspecified atom stereocenters. The average Bonchev–Trinajstić information content (AvgIpc) is 3.28. The van der Waals surface area contributed by atoms with Gasteiger partial charge < -0.3 is 30.2 Å². The Bertz CT molecular complexity index is 1060. The van der Waals surface area contributed by atoms with Crippen LogP contribution < -0.4 is 15.5 Å². The molecule has 1 saturated heterocycles. The number of aryl methyl sites for hydroxylation is 1. The number of nitrogens with one attached hydrogen (secondary N) is 3. The van der Waals surface area contributed by atoms with Gasteiger partial charge in [0.15, 0.2) is 0 Å². The van der Waals surface area contributed by atoms with Crippen LogP contribution >= 0.6 is 11.8 Å². The van der Waals surface area contributed by atoms with Crippen molar-refractivity contribution in [2.75, 3.05) is 48.4 Å². The Hall–Kier alpha value is -3.21. The van der Waals surface area contributed by atoms with E-state index in [1.807, 2.05) is 56.2 Å². The number of rotatable bonds is 9. The van der Waals surface area contributed by atoms with Crippen LogP contribution in [0.25, 0.3) is 0 Å². The molecule has 0 aliphatic carbocycles. The van der Waals surface area contributed by atoms with Crippen molar-refractivity contribution in [3.63, 3.8) is 0 Å². The van der Waals surface area contributed by atoms with Gasteiger partial charge in [-0.05, 0) is 70.4 Å². The Balaban J connectivity index is 1.49. The number of carbonyl (C=O) groups excluding carboxylic acids is 3. The van der Waals surface area contributed by atoms with Gasteiger partial charge in [-0.3, -0.25) is 9.59 Å². The summed E-state index contributed by atoms with van der Waals surface area (Å²) >= 11 is 1.68. The number of carbonyl (C=O) groups is 3. The number of nitrogens with zero attached hydrogens (tertiary/aromatic N) is 3. The first-order valence-corrected chi connectivity index (χ1v) is 13.9. The smallest absolute Gasteiger partial charge is 0.407 e. The highest BCUT2D eigenvalue weighted by molar-refractivity contribution is 7.98. The normalized spacial score (nSPS) is 14.7. The topological polar surface area (TPSA) is 120 Å². The summed E-state index contributed by atoms with van der Waals surface area (Å²) in [6.07, 6.45) is 3.99. The standard InChI is InChI=1S/C26H38N6O4S/c1-18-27-17-22(28-18)24(34)29-19-6-8-21(9-7-19)31-11-13-32(14-12-31)23(33)16-20(10-15-37-5)30-25(35)36-26(2,3)4/h6-9,17,20H,10-16H2,1-5H3,(H,27,28)(H,29,34)(H,30,35)/t20-/m0/s1. The molecule has 1 atom stereocenters. The third kappa shape index (κ3) is 8.99. The fourth-order valence-corrected chi connectivity index (χ4v) is 4.52. The highest BCUT2D eigenvalue weighted by atomic mass is 32.2. The largest absolute Gasteiger partial charge is 0.444 e. The second-order valence-electron chi connectivity index (χ2n) is 10.1. The molecule has 1 aliphatic rings. The van der Waals surface area contributed by atoms with Gasteiger partial charge in [0, 0.05) is 50.0 Å². The van der Waals surface area contributed by atoms with Crippen LogP contribution in [-0.2, 0) is 9.53 Å². The van der Waals surface area contributed by atoms with Crippen molar-refractivity contribution < 1.29 is 19.1 Å². The molecule has 1 aromatic heterocycles. The number of amides is 3. The van der Waals surface area contributed by atoms with Crippen LogP contribution in [0.15, 0.2) is 30.5 Å². The zero-order chi connectivity index (χ0) is 27.0. The first-order valence-electron chi connectivity index (χ1n) is 12.5. The van der Waals surface area contributed by atoms with E-state index in [2.05, 4.69) is 25.5 Å². The Kier molecular flexibility index (Phi) is 9.85. The van der Waals surface area contributed by atoms with Gasteiger partial charge in [-0.25, -0.2) is 9.78 Å². The lowest BCUT2D eigenvalue weighted by Crippen LogP contribution is -2.50. The molecular weight excluding hydrogens is 492 g/mol. The van der Waals surface area contributed by atoms with E-state index in [0.717, 1.165) is 11.4 Å². The number of H-pyrrole nitrogens is 1. The van der Waals surface area contributed by atoms with E-state index in [-0.39, 0.29) is 24.3 Å². The Morgan fingerprint density at radius 1 is 1.14 bits per heavy atom. The number of aromatic amines is 1. The molecule has 1 aromatic carbocycles. The average molecular weight is 531 g/mol. The van der Waals surface area contributed by atoms with Crippen molar-refractivity contribution in [1.29, 1.82) is 0 Å². The van der Waals surface area contributed by atoms with Crippen molar-refractivity contribution in [3.05, 3.63) is 42.0 Å². The molecule has 1 fully saturated rings. The van der Waals surface area contributed by atoms with Gasteiger partial charge in [0.1, 0.15) is 17.1 Å². The number of aromatic nitrogens is 2. The van der Waals surface area contributed by atoms with Crippen molar-refractivity contribution in [1.82, 2.24) is 20.2 Å². The van der Waals surface area contributed by atoms with Crippen molar-refractivity contribution in [2.45, 2.75) is 52.2 Å². The van der Waals surface area contributed by atoms with E-state index < -0.39 is 11.7 Å². The number of thioether (sulfide) groups is 1. The summed E-state index contributed by atoms with van der Waals surface area (Å²) in [4.78, 5) is 48.6. The molecule has 3 amide bonds. The van der Waals surface area contributed by atoms with Crippen LogP contribution in [0.2, 0.25) is 0 Å². The zero-order valence-electron chi connectivity index (χ0n) is 22.3. The Labute approximate surface area is 222 Å². The summed E-state index contributed by atoms with van der Waals surface area (Å²) in [7, 11) is 0. The lowest BCUT2D eigenvalue weighted by molar-refractivity contribution is -0.132. The Morgan fingerprint density at radius 2 is 1.81 bits per heavy atom. The molecule has 11 heteroatoms. The summed E-state index contributed by atoms with van der Waals surface area (Å²) in [5, 5.41) is 5.74. The third-order valence-corrected chi connectivity index (χ3v) is 6.53. The second-order valence-corrected chi connectivity index (χ2v) is 11.1. The van der Waals surface area contributed by atoms with Gasteiger partial charge in [-0.1, -0.05) is 0 Å². The van der Waals surface area contributed by atoms with Gasteiger partial charge in [0.25, 0.3) is 5.91 Å². The Morgan fingerprint density at radius 3 is 2.38 bits per heavy atom. The van der Waals surface area contributed by atoms with Crippen LogP contribution in [-0.4, -0.2) is 82.6 Å². The molecular formula is C26H38N6O4S. The molecule has 37 heavy (non-hydrogen) atoms. The van der Waals surface area contributed by atoms with E-state index in [1.165, 1.54) is 6.20 Å². The van der Waals surface area contributed by atoms with Gasteiger partial charge in [0.2, 0.25) is 5.91 Å². The fourth-order valence-electron chi connectivity index (χ4n) is 4.00. The molecule has 0 saturated carbocycles. The quantitative estimate of drug-likeness (QED) is 0.453. The molecule has 10 nitrogen and oxygen atoms in total. The predicted molar refractivity (Wildman–Crippen MR) is 147 cm³/mol. The van der Waals surface area contributed by atoms with E-state index in [1.54, 1.807) is 18.7 Å². The van der Waals surface area contributed by atoms with Gasteiger partial charge in [0.05, 0.1) is 6.20 Å². The molecule has 0 radical (unpaired) electrons. The van der Waals surface area contributed by atoms with Gasteiger partial charge >= 0.3 is 6.09 Å². The zero-order valence-corrected chi connectivity index (χ0v) is 23.1. The van der Waals surface area contributed by atoms with Gasteiger partial charge in [-0.2, -0.15) is 11.8 Å². The van der Waals surface area contributed by atoms with Crippen LogP contribution in [0.5, 0.6) is 0 Å². The van der Waals surface area contributed by atoms with Crippen molar-refractivity contribution in [2.24, 2.45) is 0 Å². The maximum Gasteiger partial charge on any atom is 0.407 e. The number of imidazole rings is 1. The molecule has 2 heterocycles. The summed E-state index contributed by atoms with van der Waals surface area (Å²) < 4.78 is 5.38. The van der Waals surface area contributed by atoms with Crippen LogP contribution in [0.1, 0.15) is 49.9 Å². The SMILES string of the molecule is CSCC[C@@H](CC(=O)N1CCN(c2ccc(NC(=O)c3cnc(C)[nH]3)cc2)CC1)NC(=O)OC(C)(C)C. The first-order chi connectivity index (χ1) is 17.5. The predicted octanol–water partition coefficient (Wildman–Crippen LogP) is 3.66. The fraction of sp³-hybridized carbons (Fsp3) is 0.538. The van der Waals surface area contributed by atoms with E-state index in [0.29, 0.717) is 49.8 Å². The van der Waals surface area contributed by atoms with E-state index in [4.69, 9.17) is 4.74 Å². The second kappa shape index (κ2) is 12.8. The minimum atomic E-state index is -0.586. The van der Waals surface area contributed by atoms with Crippen molar-refractivity contribution in [3.8, 4) is 0 Å². The first kappa shape index (κ1) is 28.4. The maximum atomic E-state index is 13.0. The minimum Gasteiger partial charge on any atom is -0.444 e. The molecule has 202 valence electrons. The van der Waals surface area contributed by atoms with E-state index in [9.17, 15) is 14.4 Å². The summed E-state index contributed by atoms with van der Waals surface area (Å²) in [5.41, 5.74) is 1.56. The number of alkyl carbamates (subject to hydrolysis) is 1. The minimum absolute atomic E-state index is 0.0360. The molecule has 3 N–H and O–H groups in total. The van der Waals surface area contributed by atoms with Crippen LogP contribution in [0.3, 0.4) is 0 Å². The van der Waals surface area contributed by atoms with Crippen molar-refractivity contribution >= 4 is 41.0 Å². The highest BCUT2D eigenvalue weighted by Crippen LogP contribution is 2.21. The van der Waals surface area contributed by atoms with Crippen LogP contribution in [0, 0.1) is 6.92 Å². The summed E-state index contributed by atoms with van der Waals surface area (Å²) in [6, 6.07) is 7.41. The number of hydrogen-bond donors (Lipinski definition) is 3. The number of ether oxygens (including phenoxy) is 1. The molecule has 1 aliphatic heterocycles. The molecule has 0 spiro atoms. The van der Waals surface area contributed by atoms with Gasteiger partial charge in [-0.15, -0.1) is 0 Å². The number of benzene rings is 1. The van der Waals surface area contributed by atoms with Crippen LogP contribution in [0.4, 0.5) is 16.2 Å². The molecule has 2 aromatic rings. The third-order valence-electron chi connectivity index (χ3n) is 5.88. The maximum absolute atomic E-state index is 13.0. The number of anilines is 2. The highest BCUT2D eigenvalue weighted by Gasteiger charge is 2.26. The van der Waals surface area contributed by atoms with E-state index >= 15 is 0 Å². The number of hydrogen-bond acceptors (Lipinski definition) is 7. The molecule has 0 bridgehead atoms. The summed E-state index contributed by atoms with van der Waals surface area (Å²) in [5.74, 6) is 1.33. The number of piperazine rings is 1. The monoisotopic (exact) mass is 530 g/mol.